The third-order valence-corrected chi connectivity index (χ3v) is 3.68. The number of halogens is 4. The van der Waals surface area contributed by atoms with Gasteiger partial charge in [-0.2, -0.15) is 4.98 Å². The van der Waals surface area contributed by atoms with E-state index in [0.717, 1.165) is 29.8 Å². The molecule has 12 heteroatoms. The van der Waals surface area contributed by atoms with Crippen molar-refractivity contribution in [2.24, 2.45) is 0 Å². The zero-order valence-corrected chi connectivity index (χ0v) is 16.9. The maximum atomic E-state index is 14.3. The van der Waals surface area contributed by atoms with Crippen molar-refractivity contribution in [3.05, 3.63) is 58.9 Å². The number of carboxylic acid groups (broad SMARTS) is 1. The first-order valence-corrected chi connectivity index (χ1v) is 8.77. The van der Waals surface area contributed by atoms with Gasteiger partial charge in [0, 0.05) is 18.0 Å². The fraction of sp³-hybridized carbons (Fsp3) is 0.158. The molecule has 0 unspecified atom stereocenters. The highest BCUT2D eigenvalue weighted by atomic mass is 35.5. The molecule has 1 aromatic heterocycles. The molecule has 1 heterocycles. The van der Waals surface area contributed by atoms with Crippen LogP contribution in [0.3, 0.4) is 0 Å². The highest BCUT2D eigenvalue weighted by Gasteiger charge is 2.21. The van der Waals surface area contributed by atoms with Gasteiger partial charge < -0.3 is 14.6 Å². The molecule has 31 heavy (non-hydrogen) atoms. The summed E-state index contributed by atoms with van der Waals surface area (Å²) in [5, 5.41) is 11.5. The van der Waals surface area contributed by atoms with Crippen LogP contribution in [0.1, 0.15) is 6.92 Å². The van der Waals surface area contributed by atoms with Gasteiger partial charge in [-0.1, -0.05) is 11.6 Å². The number of ether oxygens (including phenoxy) is 2. The van der Waals surface area contributed by atoms with Crippen LogP contribution in [-0.4, -0.2) is 45.5 Å². The molecule has 0 fully saturated rings. The summed E-state index contributed by atoms with van der Waals surface area (Å²) in [5.74, 6) is -4.16. The van der Waals surface area contributed by atoms with Crippen LogP contribution < -0.4 is 4.74 Å². The molecule has 8 nitrogen and oxygen atoms in total. The van der Waals surface area contributed by atoms with Gasteiger partial charge in [-0.15, -0.1) is 5.10 Å². The van der Waals surface area contributed by atoms with Crippen LogP contribution in [0.4, 0.5) is 13.2 Å². The number of nitrogens with zero attached hydrogens (tertiary/aromatic N) is 3. The van der Waals surface area contributed by atoms with Crippen LogP contribution in [0.5, 0.6) is 6.01 Å². The van der Waals surface area contributed by atoms with Crippen molar-refractivity contribution in [3.63, 3.8) is 0 Å². The van der Waals surface area contributed by atoms with E-state index in [1.165, 1.54) is 19.2 Å². The minimum absolute atomic E-state index is 0.0986. The van der Waals surface area contributed by atoms with Gasteiger partial charge in [0.15, 0.2) is 12.4 Å². The van der Waals surface area contributed by atoms with E-state index in [1.54, 1.807) is 0 Å². The van der Waals surface area contributed by atoms with Gasteiger partial charge in [-0.3, -0.25) is 4.79 Å². The quantitative estimate of drug-likeness (QED) is 0.583. The zero-order chi connectivity index (χ0) is 23.1. The predicted octanol–water partition coefficient (Wildman–Crippen LogP) is 3.65. The fourth-order valence-electron chi connectivity index (χ4n) is 2.20. The molecule has 0 aliphatic carbocycles. The molecule has 164 valence electrons. The Morgan fingerprint density at radius 2 is 1.81 bits per heavy atom. The van der Waals surface area contributed by atoms with E-state index in [2.05, 4.69) is 14.8 Å². The second-order valence-corrected chi connectivity index (χ2v) is 6.17. The molecule has 0 saturated heterocycles. The molecule has 0 aliphatic heterocycles. The third-order valence-electron chi connectivity index (χ3n) is 3.44. The Hall–Kier alpha value is -3.60. The number of benzene rings is 2. The summed E-state index contributed by atoms with van der Waals surface area (Å²) in [5.41, 5.74) is -0.246. The monoisotopic (exact) mass is 457 g/mol. The van der Waals surface area contributed by atoms with Crippen LogP contribution >= 0.6 is 11.6 Å². The van der Waals surface area contributed by atoms with Gasteiger partial charge in [-0.25, -0.2) is 22.6 Å². The van der Waals surface area contributed by atoms with Gasteiger partial charge in [0.1, 0.15) is 23.1 Å². The molecule has 2 aromatic carbocycles. The molecule has 3 aromatic rings. The molecule has 0 bridgehead atoms. The summed E-state index contributed by atoms with van der Waals surface area (Å²) in [4.78, 5) is 24.2. The normalized spacial score (nSPS) is 10.1. The first-order chi connectivity index (χ1) is 14.6. The minimum Gasteiger partial charge on any atom is -0.481 e. The Bertz CT molecular complexity index is 1030. The van der Waals surface area contributed by atoms with Crippen LogP contribution in [0.25, 0.3) is 17.1 Å². The van der Waals surface area contributed by atoms with E-state index in [0.29, 0.717) is 6.07 Å². The maximum Gasteiger partial charge on any atom is 0.344 e. The van der Waals surface area contributed by atoms with Crippen LogP contribution in [-0.2, 0) is 14.3 Å². The Balaban J connectivity index is 0.000000785. The predicted molar refractivity (Wildman–Crippen MR) is 102 cm³/mol. The number of methoxy groups -OCH3 is 1. The summed E-state index contributed by atoms with van der Waals surface area (Å²) in [6, 6.07) is 6.23. The fourth-order valence-corrected chi connectivity index (χ4v) is 2.36. The lowest BCUT2D eigenvalue weighted by Crippen LogP contribution is -2.13. The summed E-state index contributed by atoms with van der Waals surface area (Å²) in [6.45, 7) is 0.578. The van der Waals surface area contributed by atoms with Crippen molar-refractivity contribution >= 4 is 23.5 Å². The van der Waals surface area contributed by atoms with Crippen molar-refractivity contribution in [1.82, 2.24) is 14.8 Å². The van der Waals surface area contributed by atoms with E-state index in [9.17, 15) is 18.0 Å². The van der Waals surface area contributed by atoms with Gasteiger partial charge in [0.2, 0.25) is 0 Å². The number of aromatic nitrogens is 3. The van der Waals surface area contributed by atoms with Crippen LogP contribution in [0.15, 0.2) is 36.4 Å². The largest absolute Gasteiger partial charge is 0.481 e. The molecular formula is C19H15ClF3N3O5. The second kappa shape index (κ2) is 10.4. The van der Waals surface area contributed by atoms with Crippen molar-refractivity contribution in [3.8, 4) is 23.1 Å². The Morgan fingerprint density at radius 3 is 2.39 bits per heavy atom. The number of carboxylic acids is 1. The SMILES string of the molecule is CC(=O)O.COC(=O)COc1nc(-c2ccc(F)cc2F)n(-c2ccc(Cl)cc2F)n1. The highest BCUT2D eigenvalue weighted by Crippen LogP contribution is 2.28. The van der Waals surface area contributed by atoms with Crippen LogP contribution in [0.2, 0.25) is 5.02 Å². The number of aliphatic carboxylic acids is 1. The molecule has 0 amide bonds. The average molecular weight is 458 g/mol. The van der Waals surface area contributed by atoms with Crippen molar-refractivity contribution in [1.29, 1.82) is 0 Å². The molecule has 0 saturated carbocycles. The second-order valence-electron chi connectivity index (χ2n) is 5.73. The number of esters is 1. The molecule has 3 rings (SSSR count). The molecule has 0 spiro atoms. The first-order valence-electron chi connectivity index (χ1n) is 8.39. The standard InChI is InChI=1S/C17H11ClF3N3O3.C2H4O2/c1-26-15(25)8-27-17-22-16(11-4-3-10(19)7-12(11)20)24(23-17)14-5-2-9(18)6-13(14)21;1-2(3)4/h2-7H,8H2,1H3;1H3,(H,3,4). The Labute approximate surface area is 178 Å². The van der Waals surface area contributed by atoms with E-state index >= 15 is 0 Å². The van der Waals surface area contributed by atoms with Crippen LogP contribution in [0, 0.1) is 17.5 Å². The van der Waals surface area contributed by atoms with Gasteiger partial charge in [0.25, 0.3) is 5.97 Å². The maximum absolute atomic E-state index is 14.3. The number of hydrogen-bond acceptors (Lipinski definition) is 6. The lowest BCUT2D eigenvalue weighted by molar-refractivity contribution is -0.143. The number of carbonyl (C=O) groups excluding carboxylic acids is 1. The number of carbonyl (C=O) groups is 2. The van der Waals surface area contributed by atoms with E-state index in [1.807, 2.05) is 0 Å². The lowest BCUT2D eigenvalue weighted by atomic mass is 10.2. The highest BCUT2D eigenvalue weighted by molar-refractivity contribution is 6.30. The molecule has 0 radical (unpaired) electrons. The number of rotatable bonds is 5. The molecular weight excluding hydrogens is 443 g/mol. The minimum atomic E-state index is -0.933. The van der Waals surface area contributed by atoms with E-state index in [4.69, 9.17) is 26.2 Å². The van der Waals surface area contributed by atoms with Crippen molar-refractivity contribution in [2.45, 2.75) is 6.92 Å². The Morgan fingerprint density at radius 1 is 1.13 bits per heavy atom. The third kappa shape index (κ3) is 6.44. The van der Waals surface area contributed by atoms with Gasteiger partial charge in [0.05, 0.1) is 12.7 Å². The van der Waals surface area contributed by atoms with Crippen molar-refractivity contribution < 1.29 is 37.3 Å². The summed E-state index contributed by atoms with van der Waals surface area (Å²) in [6.07, 6.45) is 0. The molecule has 0 aliphatic rings. The lowest BCUT2D eigenvalue weighted by Gasteiger charge is -2.08. The van der Waals surface area contributed by atoms with E-state index < -0.39 is 36.0 Å². The molecule has 0 atom stereocenters. The number of hydrogen-bond donors (Lipinski definition) is 1. The zero-order valence-electron chi connectivity index (χ0n) is 16.1. The average Bonchev–Trinajstić information content (AvgIpc) is 3.09. The van der Waals surface area contributed by atoms with E-state index in [-0.39, 0.29) is 28.1 Å². The van der Waals surface area contributed by atoms with Crippen molar-refractivity contribution in [2.75, 3.05) is 13.7 Å². The summed E-state index contributed by atoms with van der Waals surface area (Å²) >= 11 is 5.75. The topological polar surface area (TPSA) is 104 Å². The Kier molecular flexibility index (Phi) is 7.97. The first kappa shape index (κ1) is 23.7. The van der Waals surface area contributed by atoms with Gasteiger partial charge >= 0.3 is 12.0 Å². The molecule has 1 N–H and O–H groups in total. The summed E-state index contributed by atoms with van der Waals surface area (Å²) < 4.78 is 52.3. The van der Waals surface area contributed by atoms with Gasteiger partial charge in [-0.05, 0) is 30.3 Å². The summed E-state index contributed by atoms with van der Waals surface area (Å²) in [7, 11) is 1.17. The smallest absolute Gasteiger partial charge is 0.344 e.